The zero-order chi connectivity index (χ0) is 11.3. The second kappa shape index (κ2) is 5.18. The van der Waals surface area contributed by atoms with Crippen LogP contribution >= 0.6 is 0 Å². The van der Waals surface area contributed by atoms with Crippen LogP contribution in [0.1, 0.15) is 31.7 Å². The van der Waals surface area contributed by atoms with Crippen molar-refractivity contribution in [2.45, 2.75) is 26.2 Å². The van der Waals surface area contributed by atoms with E-state index in [9.17, 15) is 0 Å². The molecule has 0 unspecified atom stereocenters. The van der Waals surface area contributed by atoms with E-state index in [2.05, 4.69) is 24.1 Å². The fourth-order valence-electron chi connectivity index (χ4n) is 2.05. The summed E-state index contributed by atoms with van der Waals surface area (Å²) in [5.41, 5.74) is 1.65. The van der Waals surface area contributed by atoms with Gasteiger partial charge in [0, 0.05) is 12.1 Å². The lowest BCUT2D eigenvalue weighted by Crippen LogP contribution is -2.37. The standard InChI is InChI=1S/C15H19N/c1-15(10-6-11-15)13-16-12-5-9-14-7-3-2-4-8-14/h2-4,7-8,16H,6,10-13H2,1H3. The summed E-state index contributed by atoms with van der Waals surface area (Å²) in [6.07, 6.45) is 4.13. The molecule has 0 radical (unpaired) electrons. The summed E-state index contributed by atoms with van der Waals surface area (Å²) >= 11 is 0. The Kier molecular flexibility index (Phi) is 3.64. The van der Waals surface area contributed by atoms with Gasteiger partial charge >= 0.3 is 0 Å². The monoisotopic (exact) mass is 213 g/mol. The number of benzene rings is 1. The molecule has 1 aliphatic rings. The molecule has 0 aliphatic heterocycles. The summed E-state index contributed by atoms with van der Waals surface area (Å²) in [5, 5.41) is 3.42. The molecule has 1 nitrogen and oxygen atoms in total. The highest BCUT2D eigenvalue weighted by Gasteiger charge is 2.30. The van der Waals surface area contributed by atoms with E-state index in [-0.39, 0.29) is 0 Å². The van der Waals surface area contributed by atoms with Gasteiger partial charge in [-0.3, -0.25) is 0 Å². The van der Waals surface area contributed by atoms with Gasteiger partial charge in [-0.25, -0.2) is 0 Å². The van der Waals surface area contributed by atoms with Crippen molar-refractivity contribution in [1.82, 2.24) is 5.32 Å². The van der Waals surface area contributed by atoms with Gasteiger partial charge in [-0.2, -0.15) is 0 Å². The van der Waals surface area contributed by atoms with Crippen molar-refractivity contribution in [3.05, 3.63) is 35.9 Å². The third-order valence-corrected chi connectivity index (χ3v) is 3.33. The molecule has 1 aromatic rings. The van der Waals surface area contributed by atoms with Crippen LogP contribution in [0, 0.1) is 17.3 Å². The van der Waals surface area contributed by atoms with Gasteiger partial charge in [0.15, 0.2) is 0 Å². The van der Waals surface area contributed by atoms with Gasteiger partial charge in [0.25, 0.3) is 0 Å². The predicted molar refractivity (Wildman–Crippen MR) is 68.1 cm³/mol. The van der Waals surface area contributed by atoms with Crippen LogP contribution in [0.25, 0.3) is 0 Å². The second-order valence-electron chi connectivity index (χ2n) is 4.94. The molecular formula is C15H19N. The van der Waals surface area contributed by atoms with Crippen molar-refractivity contribution in [3.8, 4) is 11.8 Å². The Hall–Kier alpha value is -1.26. The number of hydrogen-bond donors (Lipinski definition) is 1. The van der Waals surface area contributed by atoms with Gasteiger partial charge in [0.05, 0.1) is 6.54 Å². The lowest BCUT2D eigenvalue weighted by atomic mass is 9.70. The topological polar surface area (TPSA) is 12.0 Å². The molecule has 0 spiro atoms. The van der Waals surface area contributed by atoms with Crippen molar-refractivity contribution in [2.24, 2.45) is 5.41 Å². The molecule has 1 aliphatic carbocycles. The van der Waals surface area contributed by atoms with Crippen LogP contribution in [0.3, 0.4) is 0 Å². The SMILES string of the molecule is CC1(CNCC#Cc2ccccc2)CCC1. The highest BCUT2D eigenvalue weighted by Crippen LogP contribution is 2.39. The third-order valence-electron chi connectivity index (χ3n) is 3.33. The first-order chi connectivity index (χ1) is 7.79. The molecule has 1 N–H and O–H groups in total. The van der Waals surface area contributed by atoms with E-state index >= 15 is 0 Å². The minimum Gasteiger partial charge on any atom is -0.306 e. The van der Waals surface area contributed by atoms with E-state index in [1.807, 2.05) is 30.3 Å². The van der Waals surface area contributed by atoms with E-state index < -0.39 is 0 Å². The average molecular weight is 213 g/mol. The van der Waals surface area contributed by atoms with Crippen molar-refractivity contribution >= 4 is 0 Å². The van der Waals surface area contributed by atoms with E-state index in [4.69, 9.17) is 0 Å². The van der Waals surface area contributed by atoms with Gasteiger partial charge in [-0.15, -0.1) is 0 Å². The van der Waals surface area contributed by atoms with Gasteiger partial charge in [0.1, 0.15) is 0 Å². The zero-order valence-electron chi connectivity index (χ0n) is 9.92. The van der Waals surface area contributed by atoms with Crippen LogP contribution < -0.4 is 5.32 Å². The number of rotatable bonds is 3. The Morgan fingerprint density at radius 1 is 1.25 bits per heavy atom. The van der Waals surface area contributed by atoms with Crippen molar-refractivity contribution in [2.75, 3.05) is 13.1 Å². The molecule has 0 amide bonds. The van der Waals surface area contributed by atoms with E-state index in [1.54, 1.807) is 0 Å². The van der Waals surface area contributed by atoms with Crippen LogP contribution in [0.4, 0.5) is 0 Å². The maximum atomic E-state index is 3.42. The molecule has 0 heterocycles. The predicted octanol–water partition coefficient (Wildman–Crippen LogP) is 2.82. The quantitative estimate of drug-likeness (QED) is 0.601. The first kappa shape index (κ1) is 11.2. The first-order valence-electron chi connectivity index (χ1n) is 6.03. The Labute approximate surface area is 98.3 Å². The Morgan fingerprint density at radius 2 is 2.00 bits per heavy atom. The summed E-state index contributed by atoms with van der Waals surface area (Å²) in [7, 11) is 0. The van der Waals surface area contributed by atoms with Crippen molar-refractivity contribution in [1.29, 1.82) is 0 Å². The third kappa shape index (κ3) is 3.12. The van der Waals surface area contributed by atoms with E-state index in [0.717, 1.165) is 18.7 Å². The Bertz CT molecular complexity index is 379. The molecule has 1 fully saturated rings. The highest BCUT2D eigenvalue weighted by molar-refractivity contribution is 5.33. The molecule has 1 aromatic carbocycles. The molecule has 1 heteroatoms. The molecule has 84 valence electrons. The fourth-order valence-corrected chi connectivity index (χ4v) is 2.05. The van der Waals surface area contributed by atoms with Crippen molar-refractivity contribution < 1.29 is 0 Å². The van der Waals surface area contributed by atoms with Crippen LogP contribution in [0.5, 0.6) is 0 Å². The molecule has 2 rings (SSSR count). The Morgan fingerprint density at radius 3 is 2.62 bits per heavy atom. The average Bonchev–Trinajstić information content (AvgIpc) is 2.28. The number of hydrogen-bond acceptors (Lipinski definition) is 1. The van der Waals surface area contributed by atoms with E-state index in [0.29, 0.717) is 5.41 Å². The molecule has 0 bridgehead atoms. The molecule has 0 saturated heterocycles. The highest BCUT2D eigenvalue weighted by atomic mass is 14.9. The van der Waals surface area contributed by atoms with Gasteiger partial charge in [-0.1, -0.05) is 43.4 Å². The maximum absolute atomic E-state index is 3.42. The molecule has 0 aromatic heterocycles. The van der Waals surface area contributed by atoms with Crippen LogP contribution in [0.2, 0.25) is 0 Å². The van der Waals surface area contributed by atoms with Crippen molar-refractivity contribution in [3.63, 3.8) is 0 Å². The first-order valence-corrected chi connectivity index (χ1v) is 6.03. The summed E-state index contributed by atoms with van der Waals surface area (Å²) in [6.45, 7) is 4.26. The molecular weight excluding hydrogens is 194 g/mol. The minimum atomic E-state index is 0.550. The summed E-state index contributed by atoms with van der Waals surface area (Å²) in [5.74, 6) is 6.32. The van der Waals surface area contributed by atoms with Gasteiger partial charge in [0.2, 0.25) is 0 Å². The van der Waals surface area contributed by atoms with Gasteiger partial charge < -0.3 is 5.32 Å². The largest absolute Gasteiger partial charge is 0.306 e. The van der Waals surface area contributed by atoms with Gasteiger partial charge in [-0.05, 0) is 30.4 Å². The normalized spacial score (nSPS) is 17.1. The van der Waals surface area contributed by atoms with Crippen LogP contribution in [-0.4, -0.2) is 13.1 Å². The molecule has 1 saturated carbocycles. The zero-order valence-corrected chi connectivity index (χ0v) is 9.92. The minimum absolute atomic E-state index is 0.550. The summed E-state index contributed by atoms with van der Waals surface area (Å²) in [4.78, 5) is 0. The fraction of sp³-hybridized carbons (Fsp3) is 0.467. The lowest BCUT2D eigenvalue weighted by molar-refractivity contribution is 0.159. The Balaban J connectivity index is 1.70. The maximum Gasteiger partial charge on any atom is 0.0580 e. The smallest absolute Gasteiger partial charge is 0.0580 e. The second-order valence-corrected chi connectivity index (χ2v) is 4.94. The lowest BCUT2D eigenvalue weighted by Gasteiger charge is -2.38. The molecule has 16 heavy (non-hydrogen) atoms. The van der Waals surface area contributed by atoms with E-state index in [1.165, 1.54) is 19.3 Å². The van der Waals surface area contributed by atoms with Crippen LogP contribution in [0.15, 0.2) is 30.3 Å². The van der Waals surface area contributed by atoms with Crippen LogP contribution in [-0.2, 0) is 0 Å². The summed E-state index contributed by atoms with van der Waals surface area (Å²) < 4.78 is 0. The molecule has 0 atom stereocenters. The number of nitrogens with one attached hydrogen (secondary N) is 1. The summed E-state index contributed by atoms with van der Waals surface area (Å²) in [6, 6.07) is 10.1.